The molecule has 2 aromatic heterocycles. The molecule has 0 atom stereocenters. The third kappa shape index (κ3) is 4.04. The van der Waals surface area contributed by atoms with E-state index in [4.69, 9.17) is 13.6 Å². The number of hydrogen-bond acceptors (Lipinski definition) is 5. The van der Waals surface area contributed by atoms with Gasteiger partial charge in [-0.3, -0.25) is 9.59 Å². The van der Waals surface area contributed by atoms with Crippen LogP contribution in [0.3, 0.4) is 0 Å². The van der Waals surface area contributed by atoms with Crippen molar-refractivity contribution >= 4 is 16.8 Å². The van der Waals surface area contributed by atoms with E-state index in [1.54, 1.807) is 30.3 Å². The standard InChI is InChI=1S/C26H24O5/c1-15(2)18-7-9-19(10-8-18)21(27)14-30-26-23(28)20-13-16(3)12-17(4)24(20)31-25(26)22-6-5-11-29-22/h5-13,15H,14H2,1-4H3. The summed E-state index contributed by atoms with van der Waals surface area (Å²) < 4.78 is 17.3. The predicted molar refractivity (Wildman–Crippen MR) is 120 cm³/mol. The number of Topliss-reactive ketones (excluding diaryl/α,β-unsaturated/α-hetero) is 1. The minimum absolute atomic E-state index is 0.0281. The van der Waals surface area contributed by atoms with E-state index in [1.807, 2.05) is 32.0 Å². The Hall–Kier alpha value is -3.60. The van der Waals surface area contributed by atoms with E-state index in [0.29, 0.717) is 28.2 Å². The number of carbonyl (C=O) groups excluding carboxylic acids is 1. The summed E-state index contributed by atoms with van der Waals surface area (Å²) in [6.07, 6.45) is 1.49. The Morgan fingerprint density at radius 1 is 1.06 bits per heavy atom. The van der Waals surface area contributed by atoms with Crippen LogP contribution < -0.4 is 10.2 Å². The lowest BCUT2D eigenvalue weighted by Gasteiger charge is -2.12. The van der Waals surface area contributed by atoms with Gasteiger partial charge in [-0.15, -0.1) is 0 Å². The van der Waals surface area contributed by atoms with Crippen LogP contribution in [0.2, 0.25) is 0 Å². The van der Waals surface area contributed by atoms with Gasteiger partial charge in [-0.2, -0.15) is 0 Å². The summed E-state index contributed by atoms with van der Waals surface area (Å²) in [5.74, 6) is 0.672. The van der Waals surface area contributed by atoms with Crippen molar-refractivity contribution in [1.82, 2.24) is 0 Å². The Bertz CT molecular complexity index is 1290. The fraction of sp³-hybridized carbons (Fsp3) is 0.231. The van der Waals surface area contributed by atoms with E-state index in [-0.39, 0.29) is 29.3 Å². The maximum absolute atomic E-state index is 13.3. The van der Waals surface area contributed by atoms with Gasteiger partial charge >= 0.3 is 0 Å². The third-order valence-electron chi connectivity index (χ3n) is 5.27. The van der Waals surface area contributed by atoms with Crippen LogP contribution in [0.5, 0.6) is 5.75 Å². The molecule has 0 amide bonds. The fourth-order valence-electron chi connectivity index (χ4n) is 3.61. The molecule has 0 fully saturated rings. The summed E-state index contributed by atoms with van der Waals surface area (Å²) >= 11 is 0. The third-order valence-corrected chi connectivity index (χ3v) is 5.27. The Morgan fingerprint density at radius 2 is 1.81 bits per heavy atom. The number of hydrogen-bond donors (Lipinski definition) is 0. The van der Waals surface area contributed by atoms with Crippen molar-refractivity contribution in [3.05, 3.63) is 87.3 Å². The van der Waals surface area contributed by atoms with Gasteiger partial charge < -0.3 is 13.6 Å². The molecule has 0 saturated carbocycles. The molecular weight excluding hydrogens is 392 g/mol. The van der Waals surface area contributed by atoms with Crippen LogP contribution >= 0.6 is 0 Å². The molecule has 158 valence electrons. The second kappa shape index (κ2) is 8.26. The van der Waals surface area contributed by atoms with Crippen LogP contribution in [0, 0.1) is 13.8 Å². The van der Waals surface area contributed by atoms with Gasteiger partial charge in [0.1, 0.15) is 5.58 Å². The van der Waals surface area contributed by atoms with Gasteiger partial charge in [-0.05, 0) is 54.7 Å². The molecule has 2 aromatic carbocycles. The molecule has 5 nitrogen and oxygen atoms in total. The van der Waals surface area contributed by atoms with Gasteiger partial charge in [0.2, 0.25) is 16.9 Å². The molecule has 0 unspecified atom stereocenters. The van der Waals surface area contributed by atoms with Crippen molar-refractivity contribution < 1.29 is 18.4 Å². The monoisotopic (exact) mass is 416 g/mol. The van der Waals surface area contributed by atoms with E-state index in [0.717, 1.165) is 16.7 Å². The van der Waals surface area contributed by atoms with E-state index in [9.17, 15) is 9.59 Å². The fourth-order valence-corrected chi connectivity index (χ4v) is 3.61. The quantitative estimate of drug-likeness (QED) is 0.358. The van der Waals surface area contributed by atoms with E-state index in [1.165, 1.54) is 6.26 Å². The lowest BCUT2D eigenvalue weighted by molar-refractivity contribution is 0.0920. The highest BCUT2D eigenvalue weighted by Gasteiger charge is 2.22. The topological polar surface area (TPSA) is 69.7 Å². The van der Waals surface area contributed by atoms with Crippen molar-refractivity contribution in [3.8, 4) is 17.3 Å². The first-order chi connectivity index (χ1) is 14.8. The normalized spacial score (nSPS) is 11.3. The molecule has 31 heavy (non-hydrogen) atoms. The van der Waals surface area contributed by atoms with Crippen molar-refractivity contribution in [1.29, 1.82) is 0 Å². The minimum atomic E-state index is -0.331. The van der Waals surface area contributed by atoms with Crippen LogP contribution in [0.4, 0.5) is 0 Å². The van der Waals surface area contributed by atoms with Gasteiger partial charge in [-0.25, -0.2) is 0 Å². The second-order valence-electron chi connectivity index (χ2n) is 8.01. The number of ketones is 1. The molecule has 5 heteroatoms. The Balaban J connectivity index is 1.72. The van der Waals surface area contributed by atoms with Crippen LogP contribution in [0.1, 0.15) is 46.8 Å². The first-order valence-electron chi connectivity index (χ1n) is 10.2. The summed E-state index contributed by atoms with van der Waals surface area (Å²) in [4.78, 5) is 26.0. The van der Waals surface area contributed by atoms with Crippen molar-refractivity contribution in [2.45, 2.75) is 33.6 Å². The summed E-state index contributed by atoms with van der Waals surface area (Å²) in [6, 6.07) is 14.5. The largest absolute Gasteiger partial charge is 0.478 e. The van der Waals surface area contributed by atoms with E-state index >= 15 is 0 Å². The lowest BCUT2D eigenvalue weighted by atomic mass is 10.0. The zero-order valence-corrected chi connectivity index (χ0v) is 18.0. The van der Waals surface area contributed by atoms with Gasteiger partial charge in [0, 0.05) is 5.56 Å². The van der Waals surface area contributed by atoms with Gasteiger partial charge in [0.15, 0.2) is 18.2 Å². The van der Waals surface area contributed by atoms with Crippen LogP contribution in [-0.4, -0.2) is 12.4 Å². The molecule has 0 bridgehead atoms. The summed E-state index contributed by atoms with van der Waals surface area (Å²) in [6.45, 7) is 7.71. The number of carbonyl (C=O) groups is 1. The maximum atomic E-state index is 13.3. The van der Waals surface area contributed by atoms with Crippen LogP contribution in [0.25, 0.3) is 22.5 Å². The molecule has 0 N–H and O–H groups in total. The molecule has 0 saturated heterocycles. The average Bonchev–Trinajstić information content (AvgIpc) is 3.28. The van der Waals surface area contributed by atoms with Gasteiger partial charge in [0.05, 0.1) is 11.6 Å². The maximum Gasteiger partial charge on any atom is 0.235 e. The smallest absolute Gasteiger partial charge is 0.235 e. The summed E-state index contributed by atoms with van der Waals surface area (Å²) in [5, 5.41) is 0.413. The molecule has 0 aliphatic carbocycles. The Morgan fingerprint density at radius 3 is 2.45 bits per heavy atom. The predicted octanol–water partition coefficient (Wildman–Crippen LogP) is 6.05. The van der Waals surface area contributed by atoms with Crippen molar-refractivity contribution in [2.75, 3.05) is 6.61 Å². The number of ether oxygens (including phenoxy) is 1. The lowest BCUT2D eigenvalue weighted by Crippen LogP contribution is -2.17. The number of fused-ring (bicyclic) bond motifs is 1. The van der Waals surface area contributed by atoms with Crippen molar-refractivity contribution in [2.24, 2.45) is 0 Å². The Kier molecular flexibility index (Phi) is 5.51. The molecular formula is C26H24O5. The number of benzene rings is 2. The van der Waals surface area contributed by atoms with E-state index < -0.39 is 0 Å². The van der Waals surface area contributed by atoms with Crippen LogP contribution in [0.15, 0.2) is 68.4 Å². The highest BCUT2D eigenvalue weighted by atomic mass is 16.5. The summed E-state index contributed by atoms with van der Waals surface area (Å²) in [7, 11) is 0. The first kappa shape index (κ1) is 20.7. The molecule has 0 aliphatic rings. The molecule has 0 spiro atoms. The molecule has 0 radical (unpaired) electrons. The molecule has 4 rings (SSSR count). The number of furan rings is 1. The molecule has 4 aromatic rings. The highest BCUT2D eigenvalue weighted by molar-refractivity contribution is 5.97. The van der Waals surface area contributed by atoms with Gasteiger partial charge in [0.25, 0.3) is 0 Å². The minimum Gasteiger partial charge on any atom is -0.478 e. The summed E-state index contributed by atoms with van der Waals surface area (Å²) in [5.41, 5.74) is 3.61. The zero-order valence-electron chi connectivity index (χ0n) is 18.0. The number of aryl methyl sites for hydroxylation is 2. The average molecular weight is 416 g/mol. The Labute approximate surface area is 180 Å². The van der Waals surface area contributed by atoms with Gasteiger partial charge in [-0.1, -0.05) is 44.2 Å². The highest BCUT2D eigenvalue weighted by Crippen LogP contribution is 2.32. The van der Waals surface area contributed by atoms with E-state index in [2.05, 4.69) is 13.8 Å². The SMILES string of the molecule is Cc1cc(C)c2oc(-c3ccco3)c(OCC(=O)c3ccc(C(C)C)cc3)c(=O)c2c1. The number of rotatable bonds is 6. The van der Waals surface area contributed by atoms with Crippen molar-refractivity contribution in [3.63, 3.8) is 0 Å². The van der Waals surface area contributed by atoms with Crippen LogP contribution in [-0.2, 0) is 0 Å². The second-order valence-corrected chi connectivity index (χ2v) is 8.01. The molecule has 0 aliphatic heterocycles. The molecule has 2 heterocycles. The zero-order chi connectivity index (χ0) is 22.1. The first-order valence-corrected chi connectivity index (χ1v) is 10.2.